The van der Waals surface area contributed by atoms with Crippen LogP contribution in [0.1, 0.15) is 33.3 Å². The Morgan fingerprint density at radius 1 is 0.741 bits per heavy atom. The molecule has 1 atom stereocenters. The smallest absolute Gasteiger partial charge is 0.178 e. The topological polar surface area (TPSA) is 32.3 Å². The minimum atomic E-state index is -0.0560. The number of hydrogen-bond acceptors (Lipinski definition) is 4. The second-order valence-corrected chi connectivity index (χ2v) is 8.52. The van der Waals surface area contributed by atoms with Gasteiger partial charge in [-0.1, -0.05) is 64.1 Å². The second-order valence-electron chi connectivity index (χ2n) is 8.52. The van der Waals surface area contributed by atoms with Crippen molar-refractivity contribution < 1.29 is 0 Å². The summed E-state index contributed by atoms with van der Waals surface area (Å²) < 4.78 is 0. The standard InChI is InChI=1S/C23H24N4/c1-22(2)17-12-8-9-13-18(17)27-20-19(24-14-15-25-20)26(21(27)23(22,3)4)16-10-6-5-7-11-16/h5-15,21H,1-4H3. The Morgan fingerprint density at radius 3 is 2.04 bits per heavy atom. The quantitative estimate of drug-likeness (QED) is 0.583. The van der Waals surface area contributed by atoms with Crippen LogP contribution in [0, 0.1) is 5.41 Å². The van der Waals surface area contributed by atoms with E-state index in [1.165, 1.54) is 11.3 Å². The third kappa shape index (κ3) is 1.98. The molecule has 0 radical (unpaired) electrons. The van der Waals surface area contributed by atoms with E-state index >= 15 is 0 Å². The van der Waals surface area contributed by atoms with Crippen LogP contribution in [0.15, 0.2) is 67.0 Å². The van der Waals surface area contributed by atoms with Crippen molar-refractivity contribution in [2.45, 2.75) is 39.3 Å². The lowest BCUT2D eigenvalue weighted by Crippen LogP contribution is -2.60. The fraction of sp³-hybridized carbons (Fsp3) is 0.304. The molecule has 3 heterocycles. The van der Waals surface area contributed by atoms with Crippen molar-refractivity contribution in [1.82, 2.24) is 9.97 Å². The number of fused-ring (bicyclic) bond motifs is 5. The maximum Gasteiger partial charge on any atom is 0.178 e. The fourth-order valence-corrected chi connectivity index (χ4v) is 4.64. The highest BCUT2D eigenvalue weighted by molar-refractivity contribution is 5.86. The molecular weight excluding hydrogens is 332 g/mol. The van der Waals surface area contributed by atoms with Gasteiger partial charge in [-0.05, 0) is 23.8 Å². The molecule has 0 N–H and O–H groups in total. The van der Waals surface area contributed by atoms with Crippen LogP contribution in [-0.4, -0.2) is 16.1 Å². The molecular formula is C23H24N4. The van der Waals surface area contributed by atoms with E-state index in [-0.39, 0.29) is 17.0 Å². The van der Waals surface area contributed by atoms with Crippen molar-refractivity contribution in [3.05, 3.63) is 72.6 Å². The Balaban J connectivity index is 1.84. The summed E-state index contributed by atoms with van der Waals surface area (Å²) in [6.45, 7) is 9.44. The van der Waals surface area contributed by atoms with Gasteiger partial charge in [-0.25, -0.2) is 9.97 Å². The zero-order chi connectivity index (χ0) is 18.8. The molecule has 0 saturated heterocycles. The molecule has 2 aliphatic heterocycles. The number of hydrogen-bond donors (Lipinski definition) is 0. The predicted octanol–water partition coefficient (Wildman–Crippen LogP) is 5.41. The summed E-state index contributed by atoms with van der Waals surface area (Å²) in [7, 11) is 0. The Kier molecular flexibility index (Phi) is 3.21. The van der Waals surface area contributed by atoms with E-state index in [1.54, 1.807) is 12.4 Å². The molecule has 1 aromatic heterocycles. The predicted molar refractivity (Wildman–Crippen MR) is 110 cm³/mol. The van der Waals surface area contributed by atoms with Gasteiger partial charge in [0.05, 0.1) is 0 Å². The number of aromatic nitrogens is 2. The first-order valence-corrected chi connectivity index (χ1v) is 9.48. The minimum absolute atomic E-state index is 0.0141. The Bertz CT molecular complexity index is 1010. The van der Waals surface area contributed by atoms with Gasteiger partial charge in [-0.3, -0.25) is 0 Å². The maximum atomic E-state index is 4.75. The van der Waals surface area contributed by atoms with Crippen molar-refractivity contribution in [1.29, 1.82) is 0 Å². The van der Waals surface area contributed by atoms with E-state index in [9.17, 15) is 0 Å². The molecule has 0 bridgehead atoms. The Hall–Kier alpha value is -2.88. The molecule has 0 amide bonds. The highest BCUT2D eigenvalue weighted by atomic mass is 15.5. The van der Waals surface area contributed by atoms with Crippen molar-refractivity contribution in [2.24, 2.45) is 5.41 Å². The summed E-state index contributed by atoms with van der Waals surface area (Å²) in [4.78, 5) is 14.2. The summed E-state index contributed by atoms with van der Waals surface area (Å²) in [5.74, 6) is 1.86. The molecule has 0 aliphatic carbocycles. The first-order chi connectivity index (χ1) is 12.9. The van der Waals surface area contributed by atoms with Crippen LogP contribution in [0.3, 0.4) is 0 Å². The third-order valence-electron chi connectivity index (χ3n) is 6.73. The van der Waals surface area contributed by atoms with E-state index in [2.05, 4.69) is 92.1 Å². The lowest BCUT2D eigenvalue weighted by molar-refractivity contribution is 0.146. The minimum Gasteiger partial charge on any atom is -0.301 e. The van der Waals surface area contributed by atoms with Gasteiger partial charge >= 0.3 is 0 Å². The number of rotatable bonds is 1. The highest BCUT2D eigenvalue weighted by Crippen LogP contribution is 2.60. The van der Waals surface area contributed by atoms with Crippen LogP contribution in [0.25, 0.3) is 0 Å². The van der Waals surface area contributed by atoms with Crippen LogP contribution >= 0.6 is 0 Å². The SMILES string of the molecule is CC1(C)c2ccccc2N2c3nccnc3N(c3ccccc3)C2C1(C)C. The van der Waals surface area contributed by atoms with Gasteiger partial charge in [-0.15, -0.1) is 0 Å². The van der Waals surface area contributed by atoms with Gasteiger partial charge in [0.15, 0.2) is 11.6 Å². The third-order valence-corrected chi connectivity index (χ3v) is 6.73. The molecule has 0 spiro atoms. The van der Waals surface area contributed by atoms with Gasteiger partial charge < -0.3 is 9.80 Å². The average Bonchev–Trinajstić information content (AvgIpc) is 3.04. The average molecular weight is 356 g/mol. The summed E-state index contributed by atoms with van der Waals surface area (Å²) in [6, 6.07) is 19.3. The Morgan fingerprint density at radius 2 is 1.33 bits per heavy atom. The number of benzene rings is 2. The van der Waals surface area contributed by atoms with Crippen molar-refractivity contribution >= 4 is 23.0 Å². The zero-order valence-electron chi connectivity index (χ0n) is 16.2. The molecule has 3 aromatic rings. The molecule has 0 fully saturated rings. The lowest BCUT2D eigenvalue weighted by atomic mass is 9.59. The van der Waals surface area contributed by atoms with Crippen molar-refractivity contribution in [3.8, 4) is 0 Å². The normalized spacial score (nSPS) is 21.4. The highest BCUT2D eigenvalue weighted by Gasteiger charge is 2.58. The molecule has 27 heavy (non-hydrogen) atoms. The van der Waals surface area contributed by atoms with Crippen LogP contribution in [0.5, 0.6) is 0 Å². The Labute approximate surface area is 160 Å². The molecule has 2 aromatic carbocycles. The van der Waals surface area contributed by atoms with E-state index in [4.69, 9.17) is 9.97 Å². The second kappa shape index (κ2) is 5.32. The molecule has 5 rings (SSSR count). The van der Waals surface area contributed by atoms with E-state index in [0.29, 0.717) is 0 Å². The first-order valence-electron chi connectivity index (χ1n) is 9.48. The molecule has 2 aliphatic rings. The number of nitrogens with zero attached hydrogens (tertiary/aromatic N) is 4. The molecule has 1 unspecified atom stereocenters. The van der Waals surface area contributed by atoms with Gasteiger partial charge in [0.2, 0.25) is 0 Å². The van der Waals surface area contributed by atoms with Gasteiger partial charge in [-0.2, -0.15) is 0 Å². The summed E-state index contributed by atoms with van der Waals surface area (Å²) in [6.07, 6.45) is 3.68. The van der Waals surface area contributed by atoms with Crippen molar-refractivity contribution in [2.75, 3.05) is 9.80 Å². The first kappa shape index (κ1) is 16.3. The number of anilines is 4. The van der Waals surface area contributed by atoms with Crippen LogP contribution in [-0.2, 0) is 5.41 Å². The molecule has 4 heteroatoms. The number of para-hydroxylation sites is 2. The van der Waals surface area contributed by atoms with E-state index in [1.807, 2.05) is 0 Å². The van der Waals surface area contributed by atoms with Crippen LogP contribution in [0.4, 0.5) is 23.0 Å². The van der Waals surface area contributed by atoms with Gasteiger partial charge in [0.25, 0.3) is 0 Å². The molecule has 4 nitrogen and oxygen atoms in total. The van der Waals surface area contributed by atoms with E-state index < -0.39 is 0 Å². The largest absolute Gasteiger partial charge is 0.301 e. The fourth-order valence-electron chi connectivity index (χ4n) is 4.64. The van der Waals surface area contributed by atoms with Crippen LogP contribution in [0.2, 0.25) is 0 Å². The summed E-state index contributed by atoms with van der Waals surface area (Å²) >= 11 is 0. The molecule has 136 valence electrons. The molecule has 0 saturated carbocycles. The van der Waals surface area contributed by atoms with Crippen molar-refractivity contribution in [3.63, 3.8) is 0 Å². The summed E-state index contributed by atoms with van der Waals surface area (Å²) in [5, 5.41) is 0. The maximum absolute atomic E-state index is 4.75. The monoisotopic (exact) mass is 356 g/mol. The summed E-state index contributed by atoms with van der Waals surface area (Å²) in [5.41, 5.74) is 3.67. The lowest BCUT2D eigenvalue weighted by Gasteiger charge is -2.56. The van der Waals surface area contributed by atoms with Gasteiger partial charge in [0.1, 0.15) is 6.17 Å². The van der Waals surface area contributed by atoms with E-state index in [0.717, 1.165) is 17.3 Å². The zero-order valence-corrected chi connectivity index (χ0v) is 16.2. The van der Waals surface area contributed by atoms with Gasteiger partial charge in [0, 0.05) is 34.6 Å². The van der Waals surface area contributed by atoms with Crippen LogP contribution < -0.4 is 9.80 Å².